The lowest BCUT2D eigenvalue weighted by Crippen LogP contribution is -1.85. The van der Waals surface area contributed by atoms with Crippen LogP contribution in [0.2, 0.25) is 0 Å². The molecule has 72 valence electrons. The molecular weight excluding hydrogens is 269 g/mol. The highest BCUT2D eigenvalue weighted by Gasteiger charge is 2.13. The fourth-order valence-corrected chi connectivity index (χ4v) is 1.72. The molecule has 0 unspecified atom stereocenters. The van der Waals surface area contributed by atoms with Crippen LogP contribution in [0.5, 0.6) is 0 Å². The first-order valence-electron chi connectivity index (χ1n) is 3.86. The van der Waals surface area contributed by atoms with Crippen LogP contribution in [0, 0.1) is 0 Å². The lowest BCUT2D eigenvalue weighted by Gasteiger charge is -1.93. The van der Waals surface area contributed by atoms with Crippen LogP contribution in [0.15, 0.2) is 22.6 Å². The van der Waals surface area contributed by atoms with Crippen LogP contribution in [0.1, 0.15) is 16.2 Å². The first-order chi connectivity index (χ1) is 6.72. The molecule has 14 heavy (non-hydrogen) atoms. The average molecular weight is 275 g/mol. The molecule has 0 bridgehead atoms. The Morgan fingerprint density at radius 1 is 1.57 bits per heavy atom. The van der Waals surface area contributed by atoms with Gasteiger partial charge < -0.3 is 4.42 Å². The van der Waals surface area contributed by atoms with Crippen LogP contribution in [-0.2, 0) is 5.33 Å². The molecule has 0 aliphatic rings. The zero-order valence-electron chi connectivity index (χ0n) is 6.96. The fourth-order valence-electron chi connectivity index (χ4n) is 1.20. The molecule has 0 aliphatic carbocycles. The normalized spacial score (nSPS) is 10.7. The zero-order chi connectivity index (χ0) is 10.1. The first kappa shape index (κ1) is 9.68. The van der Waals surface area contributed by atoms with Crippen LogP contribution >= 0.6 is 27.5 Å². The SMILES string of the molecule is O=C(Cl)c1nc2cccc(CBr)c2o1. The van der Waals surface area contributed by atoms with Gasteiger partial charge in [0.15, 0.2) is 5.58 Å². The van der Waals surface area contributed by atoms with Gasteiger partial charge in [0, 0.05) is 10.9 Å². The summed E-state index contributed by atoms with van der Waals surface area (Å²) in [5.41, 5.74) is 2.19. The Labute approximate surface area is 93.2 Å². The van der Waals surface area contributed by atoms with Crippen molar-refractivity contribution in [3.63, 3.8) is 0 Å². The van der Waals surface area contributed by atoms with Crippen LogP contribution in [-0.4, -0.2) is 10.2 Å². The number of carbonyl (C=O) groups excluding carboxylic acids is 1. The van der Waals surface area contributed by atoms with Gasteiger partial charge in [-0.2, -0.15) is 0 Å². The van der Waals surface area contributed by atoms with Gasteiger partial charge in [-0.3, -0.25) is 4.79 Å². The van der Waals surface area contributed by atoms with Crippen molar-refractivity contribution in [1.82, 2.24) is 4.98 Å². The lowest BCUT2D eigenvalue weighted by molar-refractivity contribution is 0.105. The molecule has 0 amide bonds. The predicted molar refractivity (Wildman–Crippen MR) is 56.8 cm³/mol. The molecule has 5 heteroatoms. The van der Waals surface area contributed by atoms with Crippen molar-refractivity contribution in [2.24, 2.45) is 0 Å². The molecule has 0 saturated heterocycles. The van der Waals surface area contributed by atoms with Crippen molar-refractivity contribution in [1.29, 1.82) is 0 Å². The Morgan fingerprint density at radius 2 is 2.36 bits per heavy atom. The molecular formula is C9H5BrClNO2. The third-order valence-corrected chi connectivity index (χ3v) is 2.57. The van der Waals surface area contributed by atoms with Gasteiger partial charge in [-0.15, -0.1) is 0 Å². The van der Waals surface area contributed by atoms with E-state index in [4.69, 9.17) is 16.0 Å². The molecule has 0 spiro atoms. The highest BCUT2D eigenvalue weighted by Crippen LogP contribution is 2.22. The maximum atomic E-state index is 10.8. The Kier molecular flexibility index (Phi) is 2.56. The molecule has 0 saturated carbocycles. The number of hydrogen-bond acceptors (Lipinski definition) is 3. The molecule has 2 rings (SSSR count). The van der Waals surface area contributed by atoms with Crippen LogP contribution in [0.3, 0.4) is 0 Å². The Morgan fingerprint density at radius 3 is 3.00 bits per heavy atom. The van der Waals surface area contributed by atoms with Gasteiger partial charge >= 0.3 is 5.24 Å². The van der Waals surface area contributed by atoms with Crippen LogP contribution in [0.4, 0.5) is 0 Å². The molecule has 0 N–H and O–H groups in total. The monoisotopic (exact) mass is 273 g/mol. The Hall–Kier alpha value is -0.870. The molecule has 0 atom stereocenters. The third kappa shape index (κ3) is 1.55. The van der Waals surface area contributed by atoms with Crippen molar-refractivity contribution in [3.05, 3.63) is 29.7 Å². The Bertz CT molecular complexity index is 495. The summed E-state index contributed by atoms with van der Waals surface area (Å²) < 4.78 is 5.23. The molecule has 0 aliphatic heterocycles. The summed E-state index contributed by atoms with van der Waals surface area (Å²) in [7, 11) is 0. The number of aromatic nitrogens is 1. The Balaban J connectivity index is 2.70. The summed E-state index contributed by atoms with van der Waals surface area (Å²) in [6, 6.07) is 5.52. The molecule has 1 aromatic heterocycles. The molecule has 3 nitrogen and oxygen atoms in total. The number of carbonyl (C=O) groups is 1. The van der Waals surface area contributed by atoms with Crippen LogP contribution < -0.4 is 0 Å². The molecule has 0 radical (unpaired) electrons. The van der Waals surface area contributed by atoms with Gasteiger partial charge in [-0.1, -0.05) is 28.1 Å². The van der Waals surface area contributed by atoms with E-state index < -0.39 is 5.24 Å². The van der Waals surface area contributed by atoms with Crippen molar-refractivity contribution < 1.29 is 9.21 Å². The lowest BCUT2D eigenvalue weighted by atomic mass is 10.2. The number of para-hydroxylation sites is 1. The van der Waals surface area contributed by atoms with E-state index in [0.717, 1.165) is 5.56 Å². The minimum absolute atomic E-state index is 0.0601. The molecule has 1 aromatic carbocycles. The smallest absolute Gasteiger partial charge is 0.307 e. The number of fused-ring (bicyclic) bond motifs is 1. The molecule has 0 fully saturated rings. The van der Waals surface area contributed by atoms with Gasteiger partial charge in [-0.05, 0) is 17.7 Å². The summed E-state index contributed by atoms with van der Waals surface area (Å²) in [4.78, 5) is 14.8. The quantitative estimate of drug-likeness (QED) is 0.624. The summed E-state index contributed by atoms with van der Waals surface area (Å²) >= 11 is 8.58. The van der Waals surface area contributed by atoms with E-state index in [1.807, 2.05) is 12.1 Å². The summed E-state index contributed by atoms with van der Waals surface area (Å²) in [5, 5.41) is -0.0307. The van der Waals surface area contributed by atoms with Gasteiger partial charge in [0.2, 0.25) is 0 Å². The van der Waals surface area contributed by atoms with Gasteiger partial charge in [0.25, 0.3) is 5.89 Å². The number of benzene rings is 1. The van der Waals surface area contributed by atoms with E-state index in [1.165, 1.54) is 0 Å². The van der Waals surface area contributed by atoms with Gasteiger partial charge in [0.05, 0.1) is 0 Å². The van der Waals surface area contributed by atoms with E-state index in [-0.39, 0.29) is 5.89 Å². The van der Waals surface area contributed by atoms with E-state index in [2.05, 4.69) is 20.9 Å². The fraction of sp³-hybridized carbons (Fsp3) is 0.111. The van der Waals surface area contributed by atoms with Gasteiger partial charge in [-0.25, -0.2) is 4.98 Å². The first-order valence-corrected chi connectivity index (χ1v) is 5.36. The van der Waals surface area contributed by atoms with Crippen molar-refractivity contribution in [2.75, 3.05) is 0 Å². The van der Waals surface area contributed by atoms with Crippen molar-refractivity contribution in [2.45, 2.75) is 5.33 Å². The minimum Gasteiger partial charge on any atom is -0.432 e. The number of rotatable bonds is 2. The van der Waals surface area contributed by atoms with Gasteiger partial charge in [0.1, 0.15) is 5.52 Å². The summed E-state index contributed by atoms with van der Waals surface area (Å²) in [6.07, 6.45) is 0. The zero-order valence-corrected chi connectivity index (χ0v) is 9.30. The largest absolute Gasteiger partial charge is 0.432 e. The second-order valence-electron chi connectivity index (χ2n) is 2.69. The number of halogens is 2. The second-order valence-corrected chi connectivity index (χ2v) is 3.60. The number of hydrogen-bond donors (Lipinski definition) is 0. The minimum atomic E-state index is -0.679. The number of nitrogens with zero attached hydrogens (tertiary/aromatic N) is 1. The third-order valence-electron chi connectivity index (χ3n) is 1.81. The standard InChI is InChI=1S/C9H5BrClNO2/c10-4-5-2-1-3-6-7(5)14-9(12-6)8(11)13/h1-3H,4H2. The van der Waals surface area contributed by atoms with E-state index in [9.17, 15) is 4.79 Å². The van der Waals surface area contributed by atoms with Crippen molar-refractivity contribution >= 4 is 43.9 Å². The van der Waals surface area contributed by atoms with E-state index in [1.54, 1.807) is 6.07 Å². The predicted octanol–water partition coefficient (Wildman–Crippen LogP) is 3.10. The number of oxazole rings is 1. The topological polar surface area (TPSA) is 43.1 Å². The maximum absolute atomic E-state index is 10.8. The van der Waals surface area contributed by atoms with E-state index in [0.29, 0.717) is 16.4 Å². The maximum Gasteiger partial charge on any atom is 0.307 e. The van der Waals surface area contributed by atoms with Crippen LogP contribution in [0.25, 0.3) is 11.1 Å². The van der Waals surface area contributed by atoms with E-state index >= 15 is 0 Å². The second kappa shape index (κ2) is 3.71. The molecule has 2 aromatic rings. The number of alkyl halides is 1. The summed E-state index contributed by atoms with van der Waals surface area (Å²) in [6.45, 7) is 0. The summed E-state index contributed by atoms with van der Waals surface area (Å²) in [5.74, 6) is -0.0601. The average Bonchev–Trinajstić information content (AvgIpc) is 2.60. The highest BCUT2D eigenvalue weighted by molar-refractivity contribution is 9.08. The van der Waals surface area contributed by atoms with Crippen molar-refractivity contribution in [3.8, 4) is 0 Å². The molecule has 1 heterocycles. The highest BCUT2D eigenvalue weighted by atomic mass is 79.9.